The van der Waals surface area contributed by atoms with E-state index in [2.05, 4.69) is 10.3 Å². The number of aliphatic hydroxyl groups excluding tert-OH is 1. The first-order valence-electron chi connectivity index (χ1n) is 6.72. The Bertz CT molecular complexity index is 749. The lowest BCUT2D eigenvalue weighted by Crippen LogP contribution is -2.16. The molecule has 0 unspecified atom stereocenters. The van der Waals surface area contributed by atoms with Crippen molar-refractivity contribution < 1.29 is 14.3 Å². The van der Waals surface area contributed by atoms with Crippen LogP contribution in [0.25, 0.3) is 0 Å². The highest BCUT2D eigenvalue weighted by Crippen LogP contribution is 2.16. The van der Waals surface area contributed by atoms with Gasteiger partial charge in [-0.2, -0.15) is 0 Å². The Morgan fingerprint density at radius 1 is 1.17 bits per heavy atom. The minimum atomic E-state index is -0.516. The molecule has 6 heteroatoms. The number of nitrogens with one attached hydrogen (secondary N) is 1. The van der Waals surface area contributed by atoms with Gasteiger partial charge in [0.05, 0.1) is 11.3 Å². The highest BCUT2D eigenvalue weighted by atomic mass is 35.5. The first kappa shape index (κ1) is 16.7. The molecule has 0 saturated carbocycles. The molecule has 2 rings (SSSR count). The monoisotopic (exact) mass is 332 g/mol. The summed E-state index contributed by atoms with van der Waals surface area (Å²) in [5.41, 5.74) is 1.00. The number of carbonyl (C=O) groups excluding carboxylic acids is 1. The number of rotatable bonds is 4. The molecule has 0 atom stereocenters. The van der Waals surface area contributed by atoms with E-state index in [4.69, 9.17) is 11.6 Å². The zero-order chi connectivity index (χ0) is 16.8. The molecule has 2 aromatic carbocycles. The van der Waals surface area contributed by atoms with Gasteiger partial charge in [0.2, 0.25) is 0 Å². The van der Waals surface area contributed by atoms with E-state index in [-0.39, 0.29) is 17.1 Å². The molecule has 118 valence electrons. The van der Waals surface area contributed by atoms with E-state index in [1.807, 2.05) is 0 Å². The van der Waals surface area contributed by atoms with Crippen molar-refractivity contribution in [2.45, 2.75) is 6.92 Å². The summed E-state index contributed by atoms with van der Waals surface area (Å²) in [6.07, 6.45) is 1.23. The smallest absolute Gasteiger partial charge is 0.260 e. The largest absolute Gasteiger partial charge is 0.512 e. The maximum Gasteiger partial charge on any atom is 0.260 e. The Labute approximate surface area is 137 Å². The summed E-state index contributed by atoms with van der Waals surface area (Å²) < 4.78 is 12.8. The average molecular weight is 333 g/mol. The standard InChI is InChI=1S/C17H14ClFN2O2/c1-11(22)16(10-20-14-8-4-13(19)5-9-14)17(23)21-15-6-2-12(18)3-7-15/h2-10,22H,1H3,(H,21,23)/b16-11-,20-10?. The molecule has 0 aliphatic carbocycles. The summed E-state index contributed by atoms with van der Waals surface area (Å²) in [5.74, 6) is -1.07. The number of hydrogen-bond donors (Lipinski definition) is 2. The number of amides is 1. The van der Waals surface area contributed by atoms with Gasteiger partial charge in [0.15, 0.2) is 0 Å². The van der Waals surface area contributed by atoms with Gasteiger partial charge in [-0.3, -0.25) is 9.79 Å². The predicted octanol–water partition coefficient (Wildman–Crippen LogP) is 4.65. The van der Waals surface area contributed by atoms with Gasteiger partial charge in [0, 0.05) is 16.9 Å². The van der Waals surface area contributed by atoms with Crippen molar-refractivity contribution in [3.63, 3.8) is 0 Å². The van der Waals surface area contributed by atoms with E-state index in [1.165, 1.54) is 37.4 Å². The van der Waals surface area contributed by atoms with Crippen LogP contribution in [0.2, 0.25) is 5.02 Å². The Balaban J connectivity index is 2.15. The Kier molecular flexibility index (Phi) is 5.49. The van der Waals surface area contributed by atoms with Gasteiger partial charge in [0.25, 0.3) is 5.91 Å². The zero-order valence-corrected chi connectivity index (χ0v) is 13.0. The van der Waals surface area contributed by atoms with Gasteiger partial charge < -0.3 is 10.4 Å². The van der Waals surface area contributed by atoms with Gasteiger partial charge in [0.1, 0.15) is 11.6 Å². The van der Waals surface area contributed by atoms with Crippen LogP contribution < -0.4 is 5.32 Å². The molecule has 2 aromatic rings. The number of allylic oxidation sites excluding steroid dienone is 1. The maximum atomic E-state index is 12.8. The number of aliphatic imine (C=N–C) groups is 1. The minimum Gasteiger partial charge on any atom is -0.512 e. The van der Waals surface area contributed by atoms with Gasteiger partial charge in [-0.05, 0) is 55.5 Å². The predicted molar refractivity (Wildman–Crippen MR) is 90.0 cm³/mol. The van der Waals surface area contributed by atoms with Crippen molar-refractivity contribution in [3.05, 3.63) is 70.7 Å². The molecule has 0 saturated heterocycles. The number of halogens is 2. The van der Waals surface area contributed by atoms with Crippen LogP contribution in [0.1, 0.15) is 6.92 Å². The molecule has 0 spiro atoms. The fraction of sp³-hybridized carbons (Fsp3) is 0.0588. The third kappa shape index (κ3) is 4.93. The molecule has 0 radical (unpaired) electrons. The van der Waals surface area contributed by atoms with E-state index in [1.54, 1.807) is 24.3 Å². The molecule has 0 aliphatic rings. The van der Waals surface area contributed by atoms with Gasteiger partial charge >= 0.3 is 0 Å². The molecule has 0 aromatic heterocycles. The fourth-order valence-electron chi connectivity index (χ4n) is 1.71. The third-order valence-corrected chi connectivity index (χ3v) is 3.16. The Morgan fingerprint density at radius 3 is 2.35 bits per heavy atom. The summed E-state index contributed by atoms with van der Waals surface area (Å²) in [5, 5.41) is 12.9. The highest BCUT2D eigenvalue weighted by Gasteiger charge is 2.11. The molecule has 2 N–H and O–H groups in total. The van der Waals surface area contributed by atoms with Crippen LogP contribution >= 0.6 is 11.6 Å². The lowest BCUT2D eigenvalue weighted by atomic mass is 10.2. The second-order valence-corrected chi connectivity index (χ2v) is 5.13. The molecule has 1 amide bonds. The van der Waals surface area contributed by atoms with Gasteiger partial charge in [-0.1, -0.05) is 11.6 Å². The van der Waals surface area contributed by atoms with Crippen LogP contribution in [-0.4, -0.2) is 17.2 Å². The molecule has 0 heterocycles. The summed E-state index contributed by atoms with van der Waals surface area (Å²) in [4.78, 5) is 16.3. The second kappa shape index (κ2) is 7.56. The molecule has 0 bridgehead atoms. The Morgan fingerprint density at radius 2 is 1.78 bits per heavy atom. The van der Waals surface area contributed by atoms with E-state index in [0.29, 0.717) is 16.4 Å². The van der Waals surface area contributed by atoms with Gasteiger partial charge in [-0.25, -0.2) is 4.39 Å². The molecule has 0 fully saturated rings. The third-order valence-electron chi connectivity index (χ3n) is 2.91. The number of nitrogens with zero attached hydrogens (tertiary/aromatic N) is 1. The first-order chi connectivity index (χ1) is 11.0. The molecular weight excluding hydrogens is 319 g/mol. The quantitative estimate of drug-likeness (QED) is 0.486. The maximum absolute atomic E-state index is 12.8. The van der Waals surface area contributed by atoms with Crippen LogP contribution in [0.15, 0.2) is 64.9 Å². The van der Waals surface area contributed by atoms with Crippen LogP contribution in [0, 0.1) is 5.82 Å². The molecule has 0 aliphatic heterocycles. The van der Waals surface area contributed by atoms with Crippen molar-refractivity contribution in [2.75, 3.05) is 5.32 Å². The van der Waals surface area contributed by atoms with E-state index < -0.39 is 5.91 Å². The number of carbonyl (C=O) groups is 1. The van der Waals surface area contributed by atoms with Crippen LogP contribution in [0.4, 0.5) is 15.8 Å². The van der Waals surface area contributed by atoms with Crippen molar-refractivity contribution in [1.82, 2.24) is 0 Å². The number of anilines is 1. The molecular formula is C17H14ClFN2O2. The molecule has 4 nitrogen and oxygen atoms in total. The zero-order valence-electron chi connectivity index (χ0n) is 12.3. The SMILES string of the molecule is C/C(O)=C(\C=Nc1ccc(F)cc1)C(=O)Nc1ccc(Cl)cc1. The minimum absolute atomic E-state index is 0.00396. The van der Waals surface area contributed by atoms with E-state index >= 15 is 0 Å². The van der Waals surface area contributed by atoms with Crippen molar-refractivity contribution >= 4 is 35.1 Å². The summed E-state index contributed by atoms with van der Waals surface area (Å²) >= 11 is 5.78. The fourth-order valence-corrected chi connectivity index (χ4v) is 1.84. The van der Waals surface area contributed by atoms with Gasteiger partial charge in [-0.15, -0.1) is 0 Å². The van der Waals surface area contributed by atoms with Crippen LogP contribution in [0.3, 0.4) is 0 Å². The van der Waals surface area contributed by atoms with Crippen LogP contribution in [0.5, 0.6) is 0 Å². The second-order valence-electron chi connectivity index (χ2n) is 4.69. The highest BCUT2D eigenvalue weighted by molar-refractivity contribution is 6.30. The van der Waals surface area contributed by atoms with Crippen molar-refractivity contribution in [1.29, 1.82) is 0 Å². The lowest BCUT2D eigenvalue weighted by Gasteiger charge is -2.06. The number of hydrogen-bond acceptors (Lipinski definition) is 3. The Hall–Kier alpha value is -2.66. The number of benzene rings is 2. The average Bonchev–Trinajstić information content (AvgIpc) is 2.51. The topological polar surface area (TPSA) is 61.7 Å². The normalized spacial score (nSPS) is 12.1. The summed E-state index contributed by atoms with van der Waals surface area (Å²) in [6, 6.07) is 12.0. The van der Waals surface area contributed by atoms with E-state index in [9.17, 15) is 14.3 Å². The lowest BCUT2D eigenvalue weighted by molar-refractivity contribution is -0.112. The summed E-state index contributed by atoms with van der Waals surface area (Å²) in [7, 11) is 0. The number of aliphatic hydroxyl groups is 1. The summed E-state index contributed by atoms with van der Waals surface area (Å²) in [6.45, 7) is 1.38. The van der Waals surface area contributed by atoms with Crippen LogP contribution in [-0.2, 0) is 4.79 Å². The van der Waals surface area contributed by atoms with Crippen molar-refractivity contribution in [2.24, 2.45) is 4.99 Å². The van der Waals surface area contributed by atoms with Crippen molar-refractivity contribution in [3.8, 4) is 0 Å². The van der Waals surface area contributed by atoms with E-state index in [0.717, 1.165) is 0 Å². The first-order valence-corrected chi connectivity index (χ1v) is 7.10. The molecule has 23 heavy (non-hydrogen) atoms.